The lowest BCUT2D eigenvalue weighted by atomic mass is 10.1. The highest BCUT2D eigenvalue weighted by Crippen LogP contribution is 2.10. The van der Waals surface area contributed by atoms with Crippen LogP contribution in [0.25, 0.3) is 0 Å². The number of H-pyrrole nitrogens is 1. The Kier molecular flexibility index (Phi) is 8.57. The summed E-state index contributed by atoms with van der Waals surface area (Å²) < 4.78 is 0. The second kappa shape index (κ2) is 10.1. The van der Waals surface area contributed by atoms with Crippen LogP contribution in [0.1, 0.15) is 76.9 Å². The molecule has 2 N–H and O–H groups in total. The van der Waals surface area contributed by atoms with Gasteiger partial charge in [0.1, 0.15) is 0 Å². The molecule has 1 rings (SSSR count). The van der Waals surface area contributed by atoms with Gasteiger partial charge in [-0.3, -0.25) is 5.10 Å². The highest BCUT2D eigenvalue weighted by molar-refractivity contribution is 5.02. The first-order chi connectivity index (χ1) is 8.84. The van der Waals surface area contributed by atoms with Crippen LogP contribution in [0.5, 0.6) is 0 Å². The molecule has 3 nitrogen and oxygen atoms in total. The van der Waals surface area contributed by atoms with Crippen molar-refractivity contribution in [3.8, 4) is 0 Å². The molecule has 0 fully saturated rings. The molecule has 18 heavy (non-hydrogen) atoms. The van der Waals surface area contributed by atoms with Gasteiger partial charge in [0.25, 0.3) is 0 Å². The van der Waals surface area contributed by atoms with Crippen LogP contribution < -0.4 is 5.32 Å². The molecule has 1 heterocycles. The maximum Gasteiger partial charge on any atom is 0.0518 e. The summed E-state index contributed by atoms with van der Waals surface area (Å²) in [5.74, 6) is 0. The van der Waals surface area contributed by atoms with E-state index in [1.165, 1.54) is 57.1 Å². The molecular weight excluding hydrogens is 222 g/mol. The quantitative estimate of drug-likeness (QED) is 0.579. The predicted molar refractivity (Wildman–Crippen MR) is 77.6 cm³/mol. The summed E-state index contributed by atoms with van der Waals surface area (Å²) >= 11 is 0. The molecule has 0 aliphatic heterocycles. The highest BCUT2D eigenvalue weighted by atomic mass is 15.1. The van der Waals surface area contributed by atoms with Crippen molar-refractivity contribution >= 4 is 0 Å². The van der Waals surface area contributed by atoms with Crippen LogP contribution in [0, 0.1) is 0 Å². The zero-order valence-electron chi connectivity index (χ0n) is 12.0. The zero-order valence-corrected chi connectivity index (χ0v) is 12.0. The maximum atomic E-state index is 3.97. The third-order valence-electron chi connectivity index (χ3n) is 3.47. The van der Waals surface area contributed by atoms with E-state index in [1.807, 2.05) is 12.3 Å². The average molecular weight is 251 g/mol. The van der Waals surface area contributed by atoms with Crippen LogP contribution in [0.3, 0.4) is 0 Å². The minimum atomic E-state index is 0.386. The molecular formula is C15H29N3. The molecule has 1 aromatic rings. The van der Waals surface area contributed by atoms with Crippen molar-refractivity contribution in [3.05, 3.63) is 18.0 Å². The van der Waals surface area contributed by atoms with Crippen molar-refractivity contribution in [2.24, 2.45) is 0 Å². The number of hydrogen-bond donors (Lipinski definition) is 2. The van der Waals surface area contributed by atoms with E-state index in [2.05, 4.69) is 29.4 Å². The summed E-state index contributed by atoms with van der Waals surface area (Å²) in [5, 5.41) is 10.5. The van der Waals surface area contributed by atoms with Gasteiger partial charge in [-0.1, -0.05) is 51.9 Å². The summed E-state index contributed by atoms with van der Waals surface area (Å²) in [6, 6.07) is 2.42. The Morgan fingerprint density at radius 1 is 1.11 bits per heavy atom. The Bertz CT molecular complexity index is 269. The fraction of sp³-hybridized carbons (Fsp3) is 0.800. The topological polar surface area (TPSA) is 40.7 Å². The molecule has 1 unspecified atom stereocenters. The van der Waals surface area contributed by atoms with Crippen molar-refractivity contribution in [2.75, 3.05) is 6.54 Å². The van der Waals surface area contributed by atoms with E-state index in [1.54, 1.807) is 0 Å². The zero-order chi connectivity index (χ0) is 13.1. The average Bonchev–Trinajstić information content (AvgIpc) is 2.90. The Balaban J connectivity index is 1.87. The molecule has 0 amide bonds. The van der Waals surface area contributed by atoms with Crippen molar-refractivity contribution in [2.45, 2.75) is 71.3 Å². The van der Waals surface area contributed by atoms with Crippen molar-refractivity contribution < 1.29 is 0 Å². The SMILES string of the molecule is CCCCCCCCCCNC(C)c1ccn[nH]1. The van der Waals surface area contributed by atoms with E-state index in [0.717, 1.165) is 6.54 Å². The molecule has 1 aromatic heterocycles. The van der Waals surface area contributed by atoms with Crippen molar-refractivity contribution in [1.82, 2.24) is 15.5 Å². The van der Waals surface area contributed by atoms with Gasteiger partial charge in [-0.2, -0.15) is 5.10 Å². The van der Waals surface area contributed by atoms with Crippen LogP contribution in [-0.4, -0.2) is 16.7 Å². The Labute approximate surface area is 112 Å². The maximum absolute atomic E-state index is 3.97. The van der Waals surface area contributed by atoms with Crippen LogP contribution in [0.4, 0.5) is 0 Å². The van der Waals surface area contributed by atoms with Crippen LogP contribution >= 0.6 is 0 Å². The van der Waals surface area contributed by atoms with Crippen LogP contribution in [-0.2, 0) is 0 Å². The fourth-order valence-electron chi connectivity index (χ4n) is 2.20. The lowest BCUT2D eigenvalue weighted by Crippen LogP contribution is -2.20. The van der Waals surface area contributed by atoms with Crippen LogP contribution in [0.2, 0.25) is 0 Å². The van der Waals surface area contributed by atoms with Gasteiger partial charge in [-0.05, 0) is 26.0 Å². The number of unbranched alkanes of at least 4 members (excludes halogenated alkanes) is 7. The molecule has 0 saturated carbocycles. The van der Waals surface area contributed by atoms with Gasteiger partial charge in [-0.25, -0.2) is 0 Å². The third kappa shape index (κ3) is 6.80. The van der Waals surface area contributed by atoms with Gasteiger partial charge in [0.2, 0.25) is 0 Å². The largest absolute Gasteiger partial charge is 0.309 e. The normalized spacial score (nSPS) is 12.8. The second-order valence-electron chi connectivity index (χ2n) is 5.16. The Morgan fingerprint density at radius 3 is 2.39 bits per heavy atom. The molecule has 104 valence electrons. The minimum Gasteiger partial charge on any atom is -0.309 e. The van der Waals surface area contributed by atoms with E-state index in [9.17, 15) is 0 Å². The molecule has 0 aliphatic rings. The van der Waals surface area contributed by atoms with Gasteiger partial charge < -0.3 is 5.32 Å². The molecule has 0 aromatic carbocycles. The lowest BCUT2D eigenvalue weighted by molar-refractivity contribution is 0.515. The number of rotatable bonds is 11. The Morgan fingerprint density at radius 2 is 1.78 bits per heavy atom. The second-order valence-corrected chi connectivity index (χ2v) is 5.16. The first kappa shape index (κ1) is 15.2. The summed E-state index contributed by atoms with van der Waals surface area (Å²) in [6.45, 7) is 5.56. The molecule has 0 aliphatic carbocycles. The lowest BCUT2D eigenvalue weighted by Gasteiger charge is -2.11. The molecule has 3 heteroatoms. The Hall–Kier alpha value is -0.830. The van der Waals surface area contributed by atoms with Gasteiger partial charge in [0.05, 0.1) is 5.69 Å². The molecule has 0 radical (unpaired) electrons. The van der Waals surface area contributed by atoms with Gasteiger partial charge in [0.15, 0.2) is 0 Å². The van der Waals surface area contributed by atoms with E-state index in [-0.39, 0.29) is 0 Å². The number of nitrogens with one attached hydrogen (secondary N) is 2. The monoisotopic (exact) mass is 251 g/mol. The number of hydrogen-bond acceptors (Lipinski definition) is 2. The minimum absolute atomic E-state index is 0.386. The molecule has 0 saturated heterocycles. The van der Waals surface area contributed by atoms with Gasteiger partial charge in [0, 0.05) is 12.2 Å². The first-order valence-corrected chi connectivity index (χ1v) is 7.57. The van der Waals surface area contributed by atoms with E-state index in [0.29, 0.717) is 6.04 Å². The highest BCUT2D eigenvalue weighted by Gasteiger charge is 2.04. The number of aromatic nitrogens is 2. The number of nitrogens with zero attached hydrogens (tertiary/aromatic N) is 1. The van der Waals surface area contributed by atoms with Crippen LogP contribution in [0.15, 0.2) is 12.3 Å². The fourth-order valence-corrected chi connectivity index (χ4v) is 2.20. The van der Waals surface area contributed by atoms with E-state index in [4.69, 9.17) is 0 Å². The third-order valence-corrected chi connectivity index (χ3v) is 3.47. The summed E-state index contributed by atoms with van der Waals surface area (Å²) in [6.07, 6.45) is 12.8. The van der Waals surface area contributed by atoms with Gasteiger partial charge in [-0.15, -0.1) is 0 Å². The summed E-state index contributed by atoms with van der Waals surface area (Å²) in [4.78, 5) is 0. The van der Waals surface area contributed by atoms with E-state index < -0.39 is 0 Å². The molecule has 1 atom stereocenters. The standard InChI is InChI=1S/C15H29N3/c1-3-4-5-6-7-8-9-10-12-16-14(2)15-11-13-17-18-15/h11,13-14,16H,3-10,12H2,1-2H3,(H,17,18). The van der Waals surface area contributed by atoms with Crippen molar-refractivity contribution in [1.29, 1.82) is 0 Å². The first-order valence-electron chi connectivity index (χ1n) is 7.57. The van der Waals surface area contributed by atoms with Crippen molar-refractivity contribution in [3.63, 3.8) is 0 Å². The summed E-state index contributed by atoms with van der Waals surface area (Å²) in [7, 11) is 0. The van der Waals surface area contributed by atoms with E-state index >= 15 is 0 Å². The summed E-state index contributed by atoms with van der Waals surface area (Å²) in [5.41, 5.74) is 1.18. The van der Waals surface area contributed by atoms with Gasteiger partial charge >= 0.3 is 0 Å². The molecule has 0 spiro atoms. The smallest absolute Gasteiger partial charge is 0.0518 e. The molecule has 0 bridgehead atoms. The predicted octanol–water partition coefficient (Wildman–Crippen LogP) is 4.20. The number of aromatic amines is 1.